The van der Waals surface area contributed by atoms with Gasteiger partial charge in [0.15, 0.2) is 0 Å². The van der Waals surface area contributed by atoms with E-state index in [0.717, 1.165) is 17.8 Å². The molecule has 38 heavy (non-hydrogen) atoms. The summed E-state index contributed by atoms with van der Waals surface area (Å²) in [5.74, 6) is 0.456. The Morgan fingerprint density at radius 2 is 1.97 bits per heavy atom. The van der Waals surface area contributed by atoms with Crippen LogP contribution in [0.1, 0.15) is 61.9 Å². The van der Waals surface area contributed by atoms with Crippen molar-refractivity contribution in [3.63, 3.8) is 0 Å². The van der Waals surface area contributed by atoms with Crippen LogP contribution in [0.3, 0.4) is 0 Å². The summed E-state index contributed by atoms with van der Waals surface area (Å²) >= 11 is 2.91. The predicted octanol–water partition coefficient (Wildman–Crippen LogP) is 4.31. The number of ether oxygens (including phenoxy) is 1. The summed E-state index contributed by atoms with van der Waals surface area (Å²) in [7, 11) is 0. The summed E-state index contributed by atoms with van der Waals surface area (Å²) in [6.07, 6.45) is 4.98. The van der Waals surface area contributed by atoms with Crippen LogP contribution < -0.4 is 15.6 Å². The standard InChI is InChI=1S/C27H29N5O4S2/c1-3-15-37-26-21(9-6-12-28-26)27(35)32-13-10-18(11-14-32)25-29-22(17-38-25)24(34)31-30-23(33)19-7-5-8-20(16-19)36-4-2/h3,5-9,12,16-18H,1,4,10-11,13-15H2,2H3,(H,30,33)(H,31,34). The van der Waals surface area contributed by atoms with E-state index in [1.807, 2.05) is 17.9 Å². The number of nitrogens with one attached hydrogen (secondary N) is 2. The second kappa shape index (κ2) is 13.2. The van der Waals surface area contributed by atoms with E-state index < -0.39 is 11.8 Å². The van der Waals surface area contributed by atoms with Crippen LogP contribution in [0, 0.1) is 0 Å². The quantitative estimate of drug-likeness (QED) is 0.231. The molecule has 4 rings (SSSR count). The van der Waals surface area contributed by atoms with Crippen LogP contribution in [0.4, 0.5) is 0 Å². The van der Waals surface area contributed by atoms with Gasteiger partial charge in [0, 0.05) is 41.9 Å². The molecule has 2 N–H and O–H groups in total. The van der Waals surface area contributed by atoms with Gasteiger partial charge >= 0.3 is 0 Å². The van der Waals surface area contributed by atoms with E-state index in [4.69, 9.17) is 4.74 Å². The summed E-state index contributed by atoms with van der Waals surface area (Å²) < 4.78 is 5.41. The Bertz CT molecular complexity index is 1300. The molecule has 3 aromatic rings. The lowest BCUT2D eigenvalue weighted by Gasteiger charge is -2.31. The molecule has 0 spiro atoms. The van der Waals surface area contributed by atoms with Crippen molar-refractivity contribution in [2.45, 2.75) is 30.7 Å². The van der Waals surface area contributed by atoms with Gasteiger partial charge in [-0.2, -0.15) is 0 Å². The molecule has 198 valence electrons. The van der Waals surface area contributed by atoms with Gasteiger partial charge < -0.3 is 9.64 Å². The van der Waals surface area contributed by atoms with Crippen LogP contribution in [-0.4, -0.2) is 58.0 Å². The fraction of sp³-hybridized carbons (Fsp3) is 0.296. The minimum Gasteiger partial charge on any atom is -0.494 e. The van der Waals surface area contributed by atoms with E-state index >= 15 is 0 Å². The van der Waals surface area contributed by atoms with Gasteiger partial charge in [0.25, 0.3) is 17.7 Å². The van der Waals surface area contributed by atoms with E-state index in [0.29, 0.717) is 47.4 Å². The van der Waals surface area contributed by atoms with Crippen LogP contribution in [0.2, 0.25) is 0 Å². The van der Waals surface area contributed by atoms with Gasteiger partial charge in [-0.1, -0.05) is 12.1 Å². The maximum atomic E-state index is 13.1. The zero-order chi connectivity index (χ0) is 26.9. The van der Waals surface area contributed by atoms with Crippen molar-refractivity contribution in [3.8, 4) is 5.75 Å². The van der Waals surface area contributed by atoms with Gasteiger partial charge in [-0.25, -0.2) is 9.97 Å². The Kier molecular flexibility index (Phi) is 9.50. The fourth-order valence-corrected chi connectivity index (χ4v) is 5.72. The molecule has 0 bridgehead atoms. The van der Waals surface area contributed by atoms with Gasteiger partial charge in [-0.05, 0) is 50.1 Å². The molecular formula is C27H29N5O4S2. The summed E-state index contributed by atoms with van der Waals surface area (Å²) in [5, 5.41) is 3.24. The number of hydrogen-bond acceptors (Lipinski definition) is 8. The van der Waals surface area contributed by atoms with Gasteiger partial charge in [-0.15, -0.1) is 29.7 Å². The minimum absolute atomic E-state index is 0.0233. The van der Waals surface area contributed by atoms with Crippen LogP contribution >= 0.6 is 23.1 Å². The van der Waals surface area contributed by atoms with Gasteiger partial charge in [-0.3, -0.25) is 25.2 Å². The Labute approximate surface area is 229 Å². The van der Waals surface area contributed by atoms with Crippen molar-refractivity contribution in [1.29, 1.82) is 0 Å². The number of carbonyl (C=O) groups excluding carboxylic acids is 3. The van der Waals surface area contributed by atoms with Crippen molar-refractivity contribution in [2.75, 3.05) is 25.4 Å². The molecule has 3 heterocycles. The van der Waals surface area contributed by atoms with Gasteiger partial charge in [0.2, 0.25) is 0 Å². The number of hydrazine groups is 1. The van der Waals surface area contributed by atoms with E-state index in [9.17, 15) is 14.4 Å². The Morgan fingerprint density at radius 3 is 2.74 bits per heavy atom. The number of thioether (sulfide) groups is 1. The van der Waals surface area contributed by atoms with Crippen LogP contribution in [-0.2, 0) is 0 Å². The smallest absolute Gasteiger partial charge is 0.289 e. The molecule has 1 saturated heterocycles. The Hall–Kier alpha value is -3.70. The summed E-state index contributed by atoms with van der Waals surface area (Å²) in [6.45, 7) is 7.28. The average Bonchev–Trinajstić information content (AvgIpc) is 3.45. The third-order valence-corrected chi connectivity index (χ3v) is 7.93. The molecule has 1 aliphatic rings. The first-order chi connectivity index (χ1) is 18.5. The first kappa shape index (κ1) is 27.3. The summed E-state index contributed by atoms with van der Waals surface area (Å²) in [5.41, 5.74) is 6.06. The second-order valence-electron chi connectivity index (χ2n) is 8.46. The first-order valence-electron chi connectivity index (χ1n) is 12.3. The highest BCUT2D eigenvalue weighted by Crippen LogP contribution is 2.31. The zero-order valence-corrected chi connectivity index (χ0v) is 22.6. The van der Waals surface area contributed by atoms with E-state index in [1.54, 1.807) is 48.0 Å². The largest absolute Gasteiger partial charge is 0.494 e. The maximum absolute atomic E-state index is 13.1. The number of nitrogens with zero attached hydrogens (tertiary/aromatic N) is 3. The van der Waals surface area contributed by atoms with E-state index in [2.05, 4.69) is 27.4 Å². The molecule has 0 atom stereocenters. The molecule has 9 nitrogen and oxygen atoms in total. The highest BCUT2D eigenvalue weighted by Gasteiger charge is 2.28. The van der Waals surface area contributed by atoms with Crippen molar-refractivity contribution in [2.24, 2.45) is 0 Å². The average molecular weight is 552 g/mol. The first-order valence-corrected chi connectivity index (χ1v) is 14.1. The Morgan fingerprint density at radius 1 is 1.18 bits per heavy atom. The number of benzene rings is 1. The van der Waals surface area contributed by atoms with Crippen molar-refractivity contribution in [1.82, 2.24) is 25.7 Å². The molecule has 3 amide bonds. The number of likely N-dealkylation sites (tertiary alicyclic amines) is 1. The van der Waals surface area contributed by atoms with Crippen molar-refractivity contribution >= 4 is 40.8 Å². The summed E-state index contributed by atoms with van der Waals surface area (Å²) in [4.78, 5) is 48.8. The number of amides is 3. The number of hydrogen-bond donors (Lipinski definition) is 2. The molecule has 1 aliphatic heterocycles. The fourth-order valence-electron chi connectivity index (χ4n) is 4.03. The highest BCUT2D eigenvalue weighted by atomic mass is 32.2. The molecular weight excluding hydrogens is 522 g/mol. The highest BCUT2D eigenvalue weighted by molar-refractivity contribution is 7.99. The number of carbonyl (C=O) groups is 3. The van der Waals surface area contributed by atoms with Gasteiger partial charge in [0.05, 0.1) is 17.2 Å². The number of thiazole rings is 1. The Balaban J connectivity index is 1.30. The van der Waals surface area contributed by atoms with E-state index in [1.165, 1.54) is 23.1 Å². The number of rotatable bonds is 9. The lowest BCUT2D eigenvalue weighted by Crippen LogP contribution is -2.41. The lowest BCUT2D eigenvalue weighted by molar-refractivity contribution is 0.0708. The van der Waals surface area contributed by atoms with Crippen molar-refractivity contribution in [3.05, 3.63) is 82.5 Å². The monoisotopic (exact) mass is 551 g/mol. The van der Waals surface area contributed by atoms with Crippen LogP contribution in [0.15, 0.2) is 65.7 Å². The van der Waals surface area contributed by atoms with Crippen LogP contribution in [0.25, 0.3) is 0 Å². The molecule has 2 aromatic heterocycles. The van der Waals surface area contributed by atoms with Crippen molar-refractivity contribution < 1.29 is 19.1 Å². The molecule has 0 radical (unpaired) electrons. The minimum atomic E-state index is -0.490. The van der Waals surface area contributed by atoms with E-state index in [-0.39, 0.29) is 17.5 Å². The van der Waals surface area contributed by atoms with Crippen LogP contribution in [0.5, 0.6) is 5.75 Å². The molecule has 0 aliphatic carbocycles. The summed E-state index contributed by atoms with van der Waals surface area (Å²) in [6, 6.07) is 10.3. The zero-order valence-electron chi connectivity index (χ0n) is 21.0. The third-order valence-electron chi connectivity index (χ3n) is 5.92. The predicted molar refractivity (Wildman–Crippen MR) is 148 cm³/mol. The molecule has 11 heteroatoms. The second-order valence-corrected chi connectivity index (χ2v) is 10.4. The third kappa shape index (κ3) is 6.78. The lowest BCUT2D eigenvalue weighted by atomic mass is 9.97. The molecule has 0 saturated carbocycles. The number of aromatic nitrogens is 2. The SMILES string of the molecule is C=CCSc1ncccc1C(=O)N1CCC(c2nc(C(=O)NNC(=O)c3cccc(OCC)c3)cs2)CC1. The molecule has 1 aromatic carbocycles. The number of pyridine rings is 1. The molecule has 0 unspecified atom stereocenters. The normalized spacial score (nSPS) is 13.6. The van der Waals surface area contributed by atoms with Gasteiger partial charge in [0.1, 0.15) is 16.5 Å². The maximum Gasteiger partial charge on any atom is 0.289 e. The number of piperidine rings is 1. The molecule has 1 fully saturated rings. The topological polar surface area (TPSA) is 114 Å².